The highest BCUT2D eigenvalue weighted by Crippen LogP contribution is 2.45. The number of thioether (sulfide) groups is 1. The first-order valence-electron chi connectivity index (χ1n) is 15.0. The van der Waals surface area contributed by atoms with Crippen LogP contribution in [0.4, 0.5) is 10.1 Å². The number of hydrogen-bond donors (Lipinski definition) is 2. The molecule has 0 aliphatic carbocycles. The molecule has 0 bridgehead atoms. The van der Waals surface area contributed by atoms with Gasteiger partial charge in [0.05, 0.1) is 6.61 Å². The third-order valence-corrected chi connectivity index (χ3v) is 9.06. The molecule has 4 aromatic carbocycles. The van der Waals surface area contributed by atoms with E-state index in [2.05, 4.69) is 31.3 Å². The molecule has 0 saturated heterocycles. The minimum Gasteiger partial charge on any atom is -0.494 e. The van der Waals surface area contributed by atoms with Gasteiger partial charge in [0.25, 0.3) is 5.91 Å². The topological polar surface area (TPSA) is 129 Å². The van der Waals surface area contributed by atoms with Crippen molar-refractivity contribution in [2.75, 3.05) is 25.5 Å². The number of benzene rings is 4. The number of azide groups is 1. The minimum atomic E-state index is -1.46. The minimum absolute atomic E-state index is 0.0386. The lowest BCUT2D eigenvalue weighted by Gasteiger charge is -2.31. The summed E-state index contributed by atoms with van der Waals surface area (Å²) in [5, 5.41) is 16.1. The van der Waals surface area contributed by atoms with Crippen molar-refractivity contribution in [3.05, 3.63) is 140 Å². The molecule has 0 saturated carbocycles. The predicted octanol–water partition coefficient (Wildman–Crippen LogP) is 7.84. The second-order valence-electron chi connectivity index (χ2n) is 10.8. The molecule has 1 aliphatic rings. The number of hydrogen-bond acceptors (Lipinski definition) is 7. The van der Waals surface area contributed by atoms with Gasteiger partial charge >= 0.3 is 0 Å². The highest BCUT2D eigenvalue weighted by molar-refractivity contribution is 9.10. The molecule has 0 fully saturated rings. The van der Waals surface area contributed by atoms with E-state index < -0.39 is 11.6 Å². The number of ether oxygens (including phenoxy) is 2. The highest BCUT2D eigenvalue weighted by Gasteiger charge is 2.53. The lowest BCUT2D eigenvalue weighted by Crippen LogP contribution is -2.50. The standard InChI is InChI=1S/C35H33BrFN5O4S/c36-27-12-6-24(7-13-27)22-35(34(44)39-18-21-47-23-25-8-14-28(37)15-9-25)32(30-4-1-2-5-31(30)41-42-38)46-33(40-35)26-10-16-29(17-11-26)45-20-3-19-43/h1-2,4-17,32,43H,3,18-23H2,(H,39,44)/t32-,35-/m1/s1. The van der Waals surface area contributed by atoms with Gasteiger partial charge in [-0.3, -0.25) is 4.79 Å². The van der Waals surface area contributed by atoms with Crippen LogP contribution in [-0.2, 0) is 21.7 Å². The molecule has 47 heavy (non-hydrogen) atoms. The molecule has 9 nitrogen and oxygen atoms in total. The maximum atomic E-state index is 14.4. The van der Waals surface area contributed by atoms with Gasteiger partial charge in [-0.05, 0) is 65.2 Å². The fourth-order valence-electron chi connectivity index (χ4n) is 5.18. The highest BCUT2D eigenvalue weighted by atomic mass is 79.9. The molecule has 1 amide bonds. The zero-order valence-electron chi connectivity index (χ0n) is 25.4. The smallest absolute Gasteiger partial charge is 0.252 e. The molecule has 0 unspecified atom stereocenters. The van der Waals surface area contributed by atoms with E-state index in [1.807, 2.05) is 36.4 Å². The van der Waals surface area contributed by atoms with E-state index in [9.17, 15) is 14.7 Å². The van der Waals surface area contributed by atoms with E-state index in [1.54, 1.807) is 60.3 Å². The summed E-state index contributed by atoms with van der Waals surface area (Å²) in [6, 6.07) is 28.3. The average Bonchev–Trinajstić information content (AvgIpc) is 3.47. The molecule has 2 atom stereocenters. The molecule has 2 N–H and O–H groups in total. The van der Waals surface area contributed by atoms with Crippen LogP contribution in [-0.4, -0.2) is 48.0 Å². The molecule has 12 heteroatoms. The Morgan fingerprint density at radius 3 is 2.51 bits per heavy atom. The number of aliphatic hydroxyl groups excluding tert-OH is 1. The molecule has 0 aromatic heterocycles. The van der Waals surface area contributed by atoms with E-state index in [4.69, 9.17) is 19.6 Å². The lowest BCUT2D eigenvalue weighted by molar-refractivity contribution is -0.128. The largest absolute Gasteiger partial charge is 0.494 e. The third-order valence-electron chi connectivity index (χ3n) is 7.50. The summed E-state index contributed by atoms with van der Waals surface area (Å²) in [5.74, 6) is 1.58. The van der Waals surface area contributed by atoms with Crippen LogP contribution in [0.1, 0.15) is 34.8 Å². The first-order chi connectivity index (χ1) is 22.9. The molecule has 0 radical (unpaired) electrons. The van der Waals surface area contributed by atoms with Gasteiger partial charge in [-0.2, -0.15) is 11.8 Å². The van der Waals surface area contributed by atoms with Crippen LogP contribution >= 0.6 is 27.7 Å². The quantitative estimate of drug-likeness (QED) is 0.0560. The maximum Gasteiger partial charge on any atom is 0.252 e. The predicted molar refractivity (Wildman–Crippen MR) is 185 cm³/mol. The maximum absolute atomic E-state index is 14.4. The molecule has 1 heterocycles. The van der Waals surface area contributed by atoms with Crippen molar-refractivity contribution in [2.45, 2.75) is 30.2 Å². The fraction of sp³-hybridized carbons (Fsp3) is 0.257. The van der Waals surface area contributed by atoms with Crippen LogP contribution in [0.2, 0.25) is 0 Å². The van der Waals surface area contributed by atoms with Crippen LogP contribution in [0, 0.1) is 5.82 Å². The Morgan fingerprint density at radius 2 is 1.79 bits per heavy atom. The molecule has 4 aromatic rings. The Bertz CT molecular complexity index is 1730. The number of nitrogens with zero attached hydrogens (tertiary/aromatic N) is 4. The van der Waals surface area contributed by atoms with Gasteiger partial charge in [-0.15, -0.1) is 0 Å². The normalized spacial score (nSPS) is 16.9. The van der Waals surface area contributed by atoms with Crippen LogP contribution in [0.5, 0.6) is 5.75 Å². The van der Waals surface area contributed by atoms with Crippen molar-refractivity contribution in [3.63, 3.8) is 0 Å². The summed E-state index contributed by atoms with van der Waals surface area (Å²) in [5.41, 5.74) is 11.3. The summed E-state index contributed by atoms with van der Waals surface area (Å²) >= 11 is 5.11. The zero-order chi connectivity index (χ0) is 33.1. The number of halogens is 2. The summed E-state index contributed by atoms with van der Waals surface area (Å²) in [4.78, 5) is 22.5. The van der Waals surface area contributed by atoms with Crippen molar-refractivity contribution in [3.8, 4) is 5.75 Å². The fourth-order valence-corrected chi connectivity index (χ4v) is 6.26. The monoisotopic (exact) mass is 717 g/mol. The van der Waals surface area contributed by atoms with E-state index >= 15 is 0 Å². The molecule has 242 valence electrons. The number of rotatable bonds is 15. The molecule has 0 spiro atoms. The molecule has 1 aliphatic heterocycles. The Labute approximate surface area is 285 Å². The number of carbonyl (C=O) groups excluding carboxylic acids is 1. The summed E-state index contributed by atoms with van der Waals surface area (Å²) < 4.78 is 26.5. The Morgan fingerprint density at radius 1 is 1.06 bits per heavy atom. The molecule has 5 rings (SSSR count). The Balaban J connectivity index is 1.48. The second kappa shape index (κ2) is 16.5. The first kappa shape index (κ1) is 34.0. The van der Waals surface area contributed by atoms with E-state index in [0.717, 1.165) is 15.6 Å². The van der Waals surface area contributed by atoms with E-state index in [0.29, 0.717) is 53.6 Å². The summed E-state index contributed by atoms with van der Waals surface area (Å²) in [6.07, 6.45) is -0.201. The van der Waals surface area contributed by atoms with Crippen LogP contribution in [0.3, 0.4) is 0 Å². The summed E-state index contributed by atoms with van der Waals surface area (Å²) in [6.45, 7) is 0.781. The third kappa shape index (κ3) is 8.72. The first-order valence-corrected chi connectivity index (χ1v) is 17.0. The molecular formula is C35H33BrFN5O4S. The summed E-state index contributed by atoms with van der Waals surface area (Å²) in [7, 11) is 0. The van der Waals surface area contributed by atoms with Gasteiger partial charge in [-0.1, -0.05) is 69.6 Å². The Hall–Kier alpha value is -4.35. The van der Waals surface area contributed by atoms with Crippen molar-refractivity contribution < 1.29 is 23.8 Å². The number of aliphatic imine (C=N–C) groups is 1. The zero-order valence-corrected chi connectivity index (χ0v) is 27.8. The van der Waals surface area contributed by atoms with Crippen molar-refractivity contribution in [1.82, 2.24) is 5.32 Å². The van der Waals surface area contributed by atoms with Crippen LogP contribution in [0.15, 0.2) is 112 Å². The van der Waals surface area contributed by atoms with E-state index in [-0.39, 0.29) is 30.6 Å². The average molecular weight is 719 g/mol. The van der Waals surface area contributed by atoms with Gasteiger partial charge in [-0.25, -0.2) is 9.38 Å². The molecular weight excluding hydrogens is 685 g/mol. The van der Waals surface area contributed by atoms with Gasteiger partial charge < -0.3 is 19.9 Å². The van der Waals surface area contributed by atoms with Crippen molar-refractivity contribution >= 4 is 45.2 Å². The number of aliphatic hydroxyl groups is 1. The van der Waals surface area contributed by atoms with Crippen LogP contribution in [0.25, 0.3) is 10.4 Å². The van der Waals surface area contributed by atoms with E-state index in [1.165, 1.54) is 12.1 Å². The lowest BCUT2D eigenvalue weighted by atomic mass is 9.81. The number of carbonyl (C=O) groups is 1. The van der Waals surface area contributed by atoms with Crippen molar-refractivity contribution in [1.29, 1.82) is 0 Å². The van der Waals surface area contributed by atoms with Crippen molar-refractivity contribution in [2.24, 2.45) is 10.1 Å². The number of nitrogens with one attached hydrogen (secondary N) is 1. The second-order valence-corrected chi connectivity index (χ2v) is 12.8. The van der Waals surface area contributed by atoms with Crippen LogP contribution < -0.4 is 10.1 Å². The van der Waals surface area contributed by atoms with Gasteiger partial charge in [0.2, 0.25) is 5.90 Å². The van der Waals surface area contributed by atoms with Gasteiger partial charge in [0.1, 0.15) is 11.6 Å². The Kier molecular flexibility index (Phi) is 11.9. The van der Waals surface area contributed by atoms with Gasteiger partial charge in [0, 0.05) is 63.7 Å². The SMILES string of the molecule is [N-]=[N+]=Nc1ccccc1[C@H]1OC(c2ccc(OCCCO)cc2)=N[C@@]1(Cc1ccc(Br)cc1)C(=O)NCCSCc1ccc(F)cc1. The number of amides is 1. The van der Waals surface area contributed by atoms with Gasteiger partial charge in [0.15, 0.2) is 11.6 Å².